The minimum absolute atomic E-state index is 0.153. The molecule has 110 valence electrons. The molecule has 0 saturated heterocycles. The maximum atomic E-state index is 13.0. The second kappa shape index (κ2) is 5.39. The summed E-state index contributed by atoms with van der Waals surface area (Å²) in [4.78, 5) is 14.2. The second-order valence-corrected chi connectivity index (χ2v) is 3.88. The van der Waals surface area contributed by atoms with Gasteiger partial charge in [0.25, 0.3) is 0 Å². The van der Waals surface area contributed by atoms with E-state index in [0.717, 1.165) is 18.2 Å². The van der Waals surface area contributed by atoms with Gasteiger partial charge in [-0.1, -0.05) is 18.2 Å². The van der Waals surface area contributed by atoms with Crippen LogP contribution in [0.15, 0.2) is 36.4 Å². The Morgan fingerprint density at radius 2 is 1.76 bits per heavy atom. The third-order valence-electron chi connectivity index (χ3n) is 2.47. The van der Waals surface area contributed by atoms with Gasteiger partial charge >= 0.3 is 12.3 Å². The van der Waals surface area contributed by atoms with Crippen LogP contribution in [0.4, 0.5) is 17.6 Å². The fraction of sp³-hybridized carbons (Fsp3) is 0.0769. The minimum atomic E-state index is -4.94. The van der Waals surface area contributed by atoms with Crippen molar-refractivity contribution in [2.24, 2.45) is 0 Å². The largest absolute Gasteiger partial charge is 0.573 e. The van der Waals surface area contributed by atoms with Crippen LogP contribution in [-0.2, 0) is 0 Å². The van der Waals surface area contributed by atoms with E-state index >= 15 is 0 Å². The second-order valence-electron chi connectivity index (χ2n) is 3.88. The van der Waals surface area contributed by atoms with E-state index in [4.69, 9.17) is 5.11 Å². The summed E-state index contributed by atoms with van der Waals surface area (Å²) >= 11 is 0. The third kappa shape index (κ3) is 3.47. The number of aromatic nitrogens is 1. The van der Waals surface area contributed by atoms with Crippen molar-refractivity contribution in [1.82, 2.24) is 4.98 Å². The SMILES string of the molecule is O=C(O)c1nc(F)ccc1-c1ccccc1OC(F)(F)F. The number of carboxylic acid groups (broad SMARTS) is 1. The Kier molecular flexibility index (Phi) is 3.79. The van der Waals surface area contributed by atoms with E-state index in [9.17, 15) is 22.4 Å². The van der Waals surface area contributed by atoms with Gasteiger partial charge in [0.2, 0.25) is 5.95 Å². The molecule has 0 radical (unpaired) electrons. The normalized spacial score (nSPS) is 11.2. The van der Waals surface area contributed by atoms with Crippen molar-refractivity contribution in [1.29, 1.82) is 0 Å². The van der Waals surface area contributed by atoms with Crippen LogP contribution in [0.2, 0.25) is 0 Å². The summed E-state index contributed by atoms with van der Waals surface area (Å²) in [5.41, 5.74) is -1.03. The van der Waals surface area contributed by atoms with Gasteiger partial charge in [-0.25, -0.2) is 9.78 Å². The molecule has 0 aliphatic rings. The Balaban J connectivity index is 2.60. The minimum Gasteiger partial charge on any atom is -0.476 e. The number of carboxylic acids is 1. The Labute approximate surface area is 115 Å². The first-order valence-corrected chi connectivity index (χ1v) is 5.53. The summed E-state index contributed by atoms with van der Waals surface area (Å²) in [6.07, 6.45) is -4.94. The summed E-state index contributed by atoms with van der Waals surface area (Å²) in [6.45, 7) is 0. The maximum Gasteiger partial charge on any atom is 0.573 e. The van der Waals surface area contributed by atoms with E-state index in [1.807, 2.05) is 0 Å². The highest BCUT2D eigenvalue weighted by Crippen LogP contribution is 2.35. The van der Waals surface area contributed by atoms with Crippen molar-refractivity contribution in [3.05, 3.63) is 48.0 Å². The van der Waals surface area contributed by atoms with Crippen molar-refractivity contribution >= 4 is 5.97 Å². The Morgan fingerprint density at radius 1 is 1.10 bits per heavy atom. The molecule has 0 fully saturated rings. The third-order valence-corrected chi connectivity index (χ3v) is 2.47. The fourth-order valence-electron chi connectivity index (χ4n) is 1.72. The number of halogens is 4. The van der Waals surface area contributed by atoms with Crippen LogP contribution in [0.3, 0.4) is 0 Å². The molecular formula is C13H7F4NO3. The van der Waals surface area contributed by atoms with Crippen molar-refractivity contribution < 1.29 is 32.2 Å². The number of rotatable bonds is 3. The van der Waals surface area contributed by atoms with Crippen LogP contribution in [0.25, 0.3) is 11.1 Å². The zero-order chi connectivity index (χ0) is 15.6. The maximum absolute atomic E-state index is 13.0. The molecule has 0 aliphatic carbocycles. The topological polar surface area (TPSA) is 59.4 Å². The molecule has 2 aromatic rings. The zero-order valence-corrected chi connectivity index (χ0v) is 10.2. The number of carbonyl (C=O) groups is 1. The first-order valence-electron chi connectivity index (χ1n) is 5.53. The van der Waals surface area contributed by atoms with E-state index < -0.39 is 29.7 Å². The lowest BCUT2D eigenvalue weighted by Gasteiger charge is -2.14. The zero-order valence-electron chi connectivity index (χ0n) is 10.2. The molecule has 0 unspecified atom stereocenters. The van der Waals surface area contributed by atoms with E-state index in [0.29, 0.717) is 0 Å². The molecule has 0 spiro atoms. The van der Waals surface area contributed by atoms with Gasteiger partial charge in [0.1, 0.15) is 5.75 Å². The molecule has 0 saturated carbocycles. The molecule has 0 atom stereocenters. The Hall–Kier alpha value is -2.64. The van der Waals surface area contributed by atoms with E-state index in [2.05, 4.69) is 9.72 Å². The van der Waals surface area contributed by atoms with Gasteiger partial charge in [0, 0.05) is 11.1 Å². The van der Waals surface area contributed by atoms with Gasteiger partial charge in [-0.2, -0.15) is 4.39 Å². The number of ether oxygens (including phenoxy) is 1. The van der Waals surface area contributed by atoms with E-state index in [1.54, 1.807) is 0 Å². The molecule has 2 rings (SSSR count). The molecule has 0 aliphatic heterocycles. The van der Waals surface area contributed by atoms with Crippen LogP contribution in [-0.4, -0.2) is 22.4 Å². The van der Waals surface area contributed by atoms with Gasteiger partial charge in [-0.3, -0.25) is 0 Å². The first kappa shape index (κ1) is 14.8. The van der Waals surface area contributed by atoms with Crippen LogP contribution in [0.1, 0.15) is 10.5 Å². The van der Waals surface area contributed by atoms with Crippen molar-refractivity contribution in [3.63, 3.8) is 0 Å². The number of hydrogen-bond acceptors (Lipinski definition) is 3. The number of aromatic carboxylic acids is 1. The molecule has 1 aromatic carbocycles. The van der Waals surface area contributed by atoms with Crippen molar-refractivity contribution in [3.8, 4) is 16.9 Å². The van der Waals surface area contributed by atoms with Gasteiger partial charge in [-0.15, -0.1) is 13.2 Å². The molecule has 0 amide bonds. The van der Waals surface area contributed by atoms with Gasteiger partial charge < -0.3 is 9.84 Å². The summed E-state index contributed by atoms with van der Waals surface area (Å²) < 4.78 is 53.9. The lowest BCUT2D eigenvalue weighted by molar-refractivity contribution is -0.274. The average Bonchev–Trinajstić information content (AvgIpc) is 2.37. The number of alkyl halides is 3. The number of benzene rings is 1. The van der Waals surface area contributed by atoms with Crippen LogP contribution in [0.5, 0.6) is 5.75 Å². The van der Waals surface area contributed by atoms with Gasteiger partial charge in [0.15, 0.2) is 5.69 Å². The van der Waals surface area contributed by atoms with Crippen molar-refractivity contribution in [2.45, 2.75) is 6.36 Å². The smallest absolute Gasteiger partial charge is 0.476 e. The first-order chi connectivity index (χ1) is 9.78. The summed E-state index contributed by atoms with van der Waals surface area (Å²) in [5.74, 6) is -3.21. The number of pyridine rings is 1. The molecular weight excluding hydrogens is 294 g/mol. The van der Waals surface area contributed by atoms with Crippen molar-refractivity contribution in [2.75, 3.05) is 0 Å². The molecule has 0 bridgehead atoms. The lowest BCUT2D eigenvalue weighted by Crippen LogP contribution is -2.18. The molecule has 4 nitrogen and oxygen atoms in total. The summed E-state index contributed by atoms with van der Waals surface area (Å²) in [6, 6.07) is 6.83. The highest BCUT2D eigenvalue weighted by Gasteiger charge is 2.32. The number of hydrogen-bond donors (Lipinski definition) is 1. The predicted molar refractivity (Wildman–Crippen MR) is 63.3 cm³/mol. The monoisotopic (exact) mass is 301 g/mol. The van der Waals surface area contributed by atoms with Gasteiger partial charge in [-0.05, 0) is 18.2 Å². The lowest BCUT2D eigenvalue weighted by atomic mass is 10.0. The number of para-hydroxylation sites is 1. The Morgan fingerprint density at radius 3 is 2.38 bits per heavy atom. The molecule has 1 aromatic heterocycles. The molecule has 1 heterocycles. The van der Waals surface area contributed by atoms with Crippen LogP contribution >= 0.6 is 0 Å². The summed E-state index contributed by atoms with van der Waals surface area (Å²) in [7, 11) is 0. The van der Waals surface area contributed by atoms with Gasteiger partial charge in [0.05, 0.1) is 0 Å². The van der Waals surface area contributed by atoms with Crippen LogP contribution in [0, 0.1) is 5.95 Å². The molecule has 21 heavy (non-hydrogen) atoms. The fourth-order valence-corrected chi connectivity index (χ4v) is 1.72. The standard InChI is InChI=1S/C13H7F4NO3/c14-10-6-5-8(11(18-10)12(19)20)7-3-1-2-4-9(7)21-13(15,16)17/h1-6H,(H,19,20). The highest BCUT2D eigenvalue weighted by atomic mass is 19.4. The van der Waals surface area contributed by atoms with Crippen LogP contribution < -0.4 is 4.74 Å². The highest BCUT2D eigenvalue weighted by molar-refractivity contribution is 5.94. The number of nitrogens with zero attached hydrogens (tertiary/aromatic N) is 1. The van der Waals surface area contributed by atoms with E-state index in [1.165, 1.54) is 18.2 Å². The predicted octanol–water partition coefficient (Wildman–Crippen LogP) is 3.48. The van der Waals surface area contributed by atoms with E-state index in [-0.39, 0.29) is 11.1 Å². The quantitative estimate of drug-likeness (QED) is 0.696. The molecule has 8 heteroatoms. The molecule has 1 N–H and O–H groups in total. The average molecular weight is 301 g/mol. The summed E-state index contributed by atoms with van der Waals surface area (Å²) in [5, 5.41) is 8.98. The Bertz CT molecular complexity index is 685.